The van der Waals surface area contributed by atoms with Gasteiger partial charge in [0.25, 0.3) is 0 Å². The molecule has 0 aliphatic heterocycles. The molecule has 2 rings (SSSR count). The highest BCUT2D eigenvalue weighted by atomic mass is 32.1. The van der Waals surface area contributed by atoms with Gasteiger partial charge in [-0.15, -0.1) is 11.3 Å². The Morgan fingerprint density at radius 3 is 2.44 bits per heavy atom. The highest BCUT2D eigenvalue weighted by Crippen LogP contribution is 2.30. The zero-order valence-corrected chi connectivity index (χ0v) is 17.1. The van der Waals surface area contributed by atoms with Crippen LogP contribution in [0.2, 0.25) is 0 Å². The summed E-state index contributed by atoms with van der Waals surface area (Å²) in [6.45, 7) is 5.30. The molecule has 1 fully saturated rings. The van der Waals surface area contributed by atoms with E-state index in [9.17, 15) is 14.4 Å². The first-order valence-corrected chi connectivity index (χ1v) is 9.95. The molecule has 0 aromatic carbocycles. The molecule has 7 nitrogen and oxygen atoms in total. The van der Waals surface area contributed by atoms with E-state index in [0.29, 0.717) is 19.3 Å². The number of nitrogens with one attached hydrogen (secondary N) is 2. The average Bonchev–Trinajstić information content (AvgIpc) is 3.24. The molecule has 0 saturated heterocycles. The highest BCUT2D eigenvalue weighted by molar-refractivity contribution is 7.09. The van der Waals surface area contributed by atoms with Gasteiger partial charge in [0.15, 0.2) is 0 Å². The van der Waals surface area contributed by atoms with Crippen LogP contribution in [0, 0.1) is 0 Å². The van der Waals surface area contributed by atoms with Crippen LogP contribution in [0.4, 0.5) is 4.79 Å². The van der Waals surface area contributed by atoms with Crippen LogP contribution in [0.5, 0.6) is 0 Å². The lowest BCUT2D eigenvalue weighted by Gasteiger charge is -2.31. The third-order valence-electron chi connectivity index (χ3n) is 4.41. The van der Waals surface area contributed by atoms with E-state index in [2.05, 4.69) is 10.6 Å². The maximum absolute atomic E-state index is 13.0. The van der Waals surface area contributed by atoms with E-state index in [1.54, 1.807) is 20.8 Å². The fourth-order valence-corrected chi connectivity index (χ4v) is 3.90. The molecular formula is C19H28N2O5S. The van der Waals surface area contributed by atoms with Gasteiger partial charge < -0.3 is 20.1 Å². The first-order chi connectivity index (χ1) is 12.6. The van der Waals surface area contributed by atoms with Crippen molar-refractivity contribution in [1.29, 1.82) is 0 Å². The minimum Gasteiger partial charge on any atom is -0.467 e. The van der Waals surface area contributed by atoms with Gasteiger partial charge in [0, 0.05) is 11.3 Å². The van der Waals surface area contributed by atoms with Crippen molar-refractivity contribution < 1.29 is 23.9 Å². The van der Waals surface area contributed by atoms with Gasteiger partial charge in [-0.25, -0.2) is 9.59 Å². The number of hydrogen-bond acceptors (Lipinski definition) is 6. The molecule has 0 radical (unpaired) electrons. The lowest BCUT2D eigenvalue weighted by molar-refractivity contribution is -0.145. The summed E-state index contributed by atoms with van der Waals surface area (Å²) in [7, 11) is 1.29. The molecule has 0 unspecified atom stereocenters. The molecule has 1 aliphatic rings. The quantitative estimate of drug-likeness (QED) is 0.721. The predicted octanol–water partition coefficient (Wildman–Crippen LogP) is 2.79. The van der Waals surface area contributed by atoms with Gasteiger partial charge in [0.05, 0.1) is 7.11 Å². The van der Waals surface area contributed by atoms with E-state index < -0.39 is 29.2 Å². The normalized spacial score (nSPS) is 17.0. The molecule has 1 aromatic rings. The zero-order valence-electron chi connectivity index (χ0n) is 16.3. The smallest absolute Gasteiger partial charge is 0.408 e. The van der Waals surface area contributed by atoms with Crippen LogP contribution >= 0.6 is 11.3 Å². The van der Waals surface area contributed by atoms with E-state index in [1.807, 2.05) is 17.5 Å². The van der Waals surface area contributed by atoms with Crippen LogP contribution in [0.1, 0.15) is 51.3 Å². The summed E-state index contributed by atoms with van der Waals surface area (Å²) in [5.74, 6) is -0.889. The van der Waals surface area contributed by atoms with Crippen molar-refractivity contribution in [3.05, 3.63) is 22.4 Å². The van der Waals surface area contributed by atoms with Crippen LogP contribution in [-0.4, -0.2) is 42.3 Å². The van der Waals surface area contributed by atoms with E-state index in [4.69, 9.17) is 9.47 Å². The van der Waals surface area contributed by atoms with Crippen LogP contribution in [-0.2, 0) is 25.5 Å². The Morgan fingerprint density at radius 1 is 1.26 bits per heavy atom. The summed E-state index contributed by atoms with van der Waals surface area (Å²) < 4.78 is 10.2. The second-order valence-corrected chi connectivity index (χ2v) is 8.78. The number of alkyl carbamates (subject to hydrolysis) is 1. The van der Waals surface area contributed by atoms with Crippen molar-refractivity contribution in [2.45, 2.75) is 70.1 Å². The van der Waals surface area contributed by atoms with Crippen LogP contribution in [0.3, 0.4) is 0 Å². The summed E-state index contributed by atoms with van der Waals surface area (Å²) in [6.07, 6.45) is 2.36. The van der Waals surface area contributed by atoms with Gasteiger partial charge in [-0.05, 0) is 45.1 Å². The summed E-state index contributed by atoms with van der Waals surface area (Å²) in [4.78, 5) is 38.4. The Labute approximate surface area is 163 Å². The number of ether oxygens (including phenoxy) is 2. The molecule has 1 atom stereocenters. The molecule has 0 spiro atoms. The van der Waals surface area contributed by atoms with Crippen molar-refractivity contribution in [1.82, 2.24) is 10.6 Å². The van der Waals surface area contributed by atoms with E-state index in [-0.39, 0.29) is 5.91 Å². The fraction of sp³-hybridized carbons (Fsp3) is 0.632. The van der Waals surface area contributed by atoms with Crippen molar-refractivity contribution in [2.75, 3.05) is 7.11 Å². The zero-order chi connectivity index (χ0) is 20.1. The van der Waals surface area contributed by atoms with E-state index in [0.717, 1.165) is 17.7 Å². The number of hydrogen-bond donors (Lipinski definition) is 2. The summed E-state index contributed by atoms with van der Waals surface area (Å²) in [5, 5.41) is 7.44. The maximum Gasteiger partial charge on any atom is 0.408 e. The molecule has 8 heteroatoms. The molecule has 2 N–H and O–H groups in total. The molecular weight excluding hydrogens is 368 g/mol. The molecule has 1 aliphatic carbocycles. The van der Waals surface area contributed by atoms with Gasteiger partial charge in [-0.1, -0.05) is 18.9 Å². The number of amides is 2. The average molecular weight is 397 g/mol. The third kappa shape index (κ3) is 5.95. The van der Waals surface area contributed by atoms with Gasteiger partial charge in [-0.3, -0.25) is 4.79 Å². The Balaban J connectivity index is 2.11. The molecule has 150 valence electrons. The minimum absolute atomic E-state index is 0.346. The molecule has 1 heterocycles. The van der Waals surface area contributed by atoms with Gasteiger partial charge in [0.1, 0.15) is 17.2 Å². The molecule has 0 bridgehead atoms. The summed E-state index contributed by atoms with van der Waals surface area (Å²) in [5.41, 5.74) is -1.72. The topological polar surface area (TPSA) is 93.7 Å². The fourth-order valence-electron chi connectivity index (χ4n) is 3.15. The number of carbonyl (C=O) groups excluding carboxylic acids is 3. The van der Waals surface area contributed by atoms with Gasteiger partial charge in [0.2, 0.25) is 5.91 Å². The van der Waals surface area contributed by atoms with Crippen LogP contribution in [0.25, 0.3) is 0 Å². The highest BCUT2D eigenvalue weighted by Gasteiger charge is 2.44. The van der Waals surface area contributed by atoms with Crippen LogP contribution in [0.15, 0.2) is 17.5 Å². The lowest BCUT2D eigenvalue weighted by atomic mass is 9.95. The Bertz CT molecular complexity index is 660. The Hall–Kier alpha value is -2.09. The molecule has 2 amide bonds. The molecule has 1 aromatic heterocycles. The predicted molar refractivity (Wildman–Crippen MR) is 103 cm³/mol. The Kier molecular flexibility index (Phi) is 6.86. The van der Waals surface area contributed by atoms with Crippen molar-refractivity contribution in [3.63, 3.8) is 0 Å². The Morgan fingerprint density at radius 2 is 1.93 bits per heavy atom. The standard InChI is InChI=1S/C19H28N2O5S/c1-18(2,3)26-17(24)21-19(9-5-6-10-19)16(23)20-14(15(22)25-4)12-13-8-7-11-27-13/h7-8,11,14H,5-6,9-10,12H2,1-4H3,(H,20,23)(H,21,24)/t14-/m0/s1. The number of methoxy groups -OCH3 is 1. The number of esters is 1. The first kappa shape index (κ1) is 21.2. The number of rotatable bonds is 6. The third-order valence-corrected chi connectivity index (χ3v) is 5.31. The summed E-state index contributed by atoms with van der Waals surface area (Å²) in [6, 6.07) is 2.98. The second kappa shape index (κ2) is 8.73. The molecule has 27 heavy (non-hydrogen) atoms. The van der Waals surface area contributed by atoms with Gasteiger partial charge >= 0.3 is 12.1 Å². The van der Waals surface area contributed by atoms with Crippen LogP contribution < -0.4 is 10.6 Å². The SMILES string of the molecule is COC(=O)[C@H](Cc1cccs1)NC(=O)C1(NC(=O)OC(C)(C)C)CCCC1. The number of thiophene rings is 1. The minimum atomic E-state index is -1.07. The van der Waals surface area contributed by atoms with Crippen molar-refractivity contribution in [2.24, 2.45) is 0 Å². The number of carbonyl (C=O) groups is 3. The first-order valence-electron chi connectivity index (χ1n) is 9.07. The van der Waals surface area contributed by atoms with Crippen molar-refractivity contribution in [3.8, 4) is 0 Å². The second-order valence-electron chi connectivity index (χ2n) is 7.75. The van der Waals surface area contributed by atoms with Crippen molar-refractivity contribution >= 4 is 29.3 Å². The largest absolute Gasteiger partial charge is 0.467 e. The summed E-state index contributed by atoms with van der Waals surface area (Å²) >= 11 is 1.51. The van der Waals surface area contributed by atoms with E-state index in [1.165, 1.54) is 18.4 Å². The lowest BCUT2D eigenvalue weighted by Crippen LogP contribution is -2.60. The van der Waals surface area contributed by atoms with E-state index >= 15 is 0 Å². The van der Waals surface area contributed by atoms with Gasteiger partial charge in [-0.2, -0.15) is 0 Å². The monoisotopic (exact) mass is 396 g/mol. The molecule has 1 saturated carbocycles. The maximum atomic E-state index is 13.0.